The van der Waals surface area contributed by atoms with Gasteiger partial charge in [-0.25, -0.2) is 4.98 Å². The quantitative estimate of drug-likeness (QED) is 0.693. The van der Waals surface area contributed by atoms with Gasteiger partial charge in [-0.1, -0.05) is 12.1 Å². The number of aromatic nitrogens is 2. The van der Waals surface area contributed by atoms with E-state index in [0.29, 0.717) is 30.8 Å². The minimum absolute atomic E-state index is 0.0299. The molecule has 6 heteroatoms. The van der Waals surface area contributed by atoms with Crippen molar-refractivity contribution >= 4 is 23.2 Å². The predicted molar refractivity (Wildman–Crippen MR) is 102 cm³/mol. The predicted octanol–water partition coefficient (Wildman–Crippen LogP) is 2.47. The van der Waals surface area contributed by atoms with Crippen LogP contribution in [0.15, 0.2) is 42.7 Å². The van der Waals surface area contributed by atoms with Crippen molar-refractivity contribution in [2.24, 2.45) is 12.8 Å². The first-order valence-corrected chi connectivity index (χ1v) is 8.59. The van der Waals surface area contributed by atoms with E-state index >= 15 is 0 Å². The van der Waals surface area contributed by atoms with Gasteiger partial charge in [-0.2, -0.15) is 0 Å². The lowest BCUT2D eigenvalue weighted by Crippen LogP contribution is -2.35. The Morgan fingerprint density at radius 3 is 2.62 bits per heavy atom. The smallest absolute Gasteiger partial charge is 0.253 e. The van der Waals surface area contributed by atoms with E-state index < -0.39 is 0 Å². The van der Waals surface area contributed by atoms with Gasteiger partial charge in [0.05, 0.1) is 0 Å². The van der Waals surface area contributed by atoms with Crippen LogP contribution in [0.5, 0.6) is 0 Å². The average molecular weight is 350 g/mol. The molecule has 2 aromatic heterocycles. The summed E-state index contributed by atoms with van der Waals surface area (Å²) in [5, 5.41) is 0.822. The maximum atomic E-state index is 12.5. The van der Waals surface area contributed by atoms with Gasteiger partial charge in [0, 0.05) is 55.6 Å². The van der Waals surface area contributed by atoms with Gasteiger partial charge in [0.2, 0.25) is 0 Å². The van der Waals surface area contributed by atoms with Gasteiger partial charge in [-0.3, -0.25) is 9.59 Å². The minimum Gasteiger partial charge on any atom is -0.338 e. The van der Waals surface area contributed by atoms with Crippen LogP contribution in [0.3, 0.4) is 0 Å². The van der Waals surface area contributed by atoms with Crippen molar-refractivity contribution in [3.63, 3.8) is 0 Å². The highest BCUT2D eigenvalue weighted by molar-refractivity contribution is 6.05. The number of aryl methyl sites for hydroxylation is 1. The van der Waals surface area contributed by atoms with Crippen molar-refractivity contribution in [3.8, 4) is 11.1 Å². The summed E-state index contributed by atoms with van der Waals surface area (Å²) < 4.78 is 1.84. The normalized spacial score (nSPS) is 10.9. The molecule has 0 aliphatic carbocycles. The van der Waals surface area contributed by atoms with Crippen molar-refractivity contribution in [2.75, 3.05) is 19.6 Å². The maximum absolute atomic E-state index is 12.5. The molecule has 3 aromatic rings. The van der Waals surface area contributed by atoms with E-state index in [2.05, 4.69) is 4.98 Å². The van der Waals surface area contributed by atoms with Gasteiger partial charge >= 0.3 is 0 Å². The molecule has 2 N–H and O–H groups in total. The fourth-order valence-corrected chi connectivity index (χ4v) is 3.20. The van der Waals surface area contributed by atoms with Crippen molar-refractivity contribution in [1.29, 1.82) is 0 Å². The number of likely N-dealkylation sites (N-methyl/N-ethyl adjacent to an activating group) is 1. The number of benzene rings is 1. The molecule has 0 aliphatic heterocycles. The Morgan fingerprint density at radius 1 is 1.27 bits per heavy atom. The van der Waals surface area contributed by atoms with Crippen LogP contribution in [0.2, 0.25) is 0 Å². The van der Waals surface area contributed by atoms with Crippen LogP contribution in [-0.2, 0) is 7.05 Å². The first-order chi connectivity index (χ1) is 12.6. The standard InChI is InChI=1S/C20H22N4O2/c1-3-24(11-9-21)20(26)15-6-4-14(5-7-15)17-8-10-22-19-18(17)16(13-25)12-23(19)2/h4-8,10,12-13H,3,9,11,21H2,1-2H3. The van der Waals surface area contributed by atoms with E-state index in [1.807, 2.05) is 48.9 Å². The molecule has 0 radical (unpaired) electrons. The van der Waals surface area contributed by atoms with Crippen molar-refractivity contribution in [3.05, 3.63) is 53.9 Å². The van der Waals surface area contributed by atoms with E-state index in [9.17, 15) is 9.59 Å². The highest BCUT2D eigenvalue weighted by Gasteiger charge is 2.15. The van der Waals surface area contributed by atoms with Crippen LogP contribution >= 0.6 is 0 Å². The Morgan fingerprint density at radius 2 is 2.00 bits per heavy atom. The zero-order valence-electron chi connectivity index (χ0n) is 15.0. The second kappa shape index (κ2) is 7.49. The van der Waals surface area contributed by atoms with Gasteiger partial charge in [0.25, 0.3) is 5.91 Å². The second-order valence-corrected chi connectivity index (χ2v) is 6.12. The number of hydrogen-bond acceptors (Lipinski definition) is 4. The number of fused-ring (bicyclic) bond motifs is 1. The van der Waals surface area contributed by atoms with Gasteiger partial charge < -0.3 is 15.2 Å². The Balaban J connectivity index is 2.01. The summed E-state index contributed by atoms with van der Waals surface area (Å²) in [5.74, 6) is -0.0299. The lowest BCUT2D eigenvalue weighted by Gasteiger charge is -2.20. The van der Waals surface area contributed by atoms with Gasteiger partial charge in [0.15, 0.2) is 6.29 Å². The van der Waals surface area contributed by atoms with Gasteiger partial charge in [-0.05, 0) is 36.2 Å². The summed E-state index contributed by atoms with van der Waals surface area (Å²) in [4.78, 5) is 30.1. The highest BCUT2D eigenvalue weighted by atomic mass is 16.2. The van der Waals surface area contributed by atoms with Crippen LogP contribution in [0.1, 0.15) is 27.6 Å². The minimum atomic E-state index is -0.0299. The third-order valence-electron chi connectivity index (χ3n) is 4.52. The third-order valence-corrected chi connectivity index (χ3v) is 4.52. The largest absolute Gasteiger partial charge is 0.338 e. The molecule has 0 fully saturated rings. The number of nitrogens with two attached hydrogens (primary N) is 1. The molecule has 0 saturated heterocycles. The number of amides is 1. The van der Waals surface area contributed by atoms with Crippen LogP contribution in [0.4, 0.5) is 0 Å². The zero-order valence-corrected chi connectivity index (χ0v) is 15.0. The molecule has 26 heavy (non-hydrogen) atoms. The van der Waals surface area contributed by atoms with Gasteiger partial charge in [0.1, 0.15) is 5.65 Å². The number of hydrogen-bond donors (Lipinski definition) is 1. The molecule has 0 saturated carbocycles. The van der Waals surface area contributed by atoms with Gasteiger partial charge in [-0.15, -0.1) is 0 Å². The molecule has 1 amide bonds. The number of pyridine rings is 1. The third kappa shape index (κ3) is 3.11. The van der Waals surface area contributed by atoms with Crippen LogP contribution in [0, 0.1) is 0 Å². The van der Waals surface area contributed by atoms with E-state index in [1.54, 1.807) is 17.3 Å². The fourth-order valence-electron chi connectivity index (χ4n) is 3.20. The number of rotatable bonds is 6. The summed E-state index contributed by atoms with van der Waals surface area (Å²) in [6.07, 6.45) is 4.35. The molecule has 0 unspecified atom stereocenters. The van der Waals surface area contributed by atoms with Crippen molar-refractivity contribution in [1.82, 2.24) is 14.5 Å². The number of aldehydes is 1. The molecular weight excluding hydrogens is 328 g/mol. The van der Waals surface area contributed by atoms with Crippen LogP contribution < -0.4 is 5.73 Å². The van der Waals surface area contributed by atoms with E-state index in [4.69, 9.17) is 5.73 Å². The molecule has 0 bridgehead atoms. The highest BCUT2D eigenvalue weighted by Crippen LogP contribution is 2.30. The van der Waals surface area contributed by atoms with Crippen molar-refractivity contribution in [2.45, 2.75) is 6.92 Å². The summed E-state index contributed by atoms with van der Waals surface area (Å²) in [6.45, 7) is 3.53. The maximum Gasteiger partial charge on any atom is 0.253 e. The number of carbonyl (C=O) groups excluding carboxylic acids is 2. The first-order valence-electron chi connectivity index (χ1n) is 8.59. The molecule has 134 valence electrons. The monoisotopic (exact) mass is 350 g/mol. The topological polar surface area (TPSA) is 81.2 Å². The zero-order chi connectivity index (χ0) is 18.7. The average Bonchev–Trinajstić information content (AvgIpc) is 3.02. The lowest BCUT2D eigenvalue weighted by atomic mass is 10.00. The molecule has 1 aromatic carbocycles. The summed E-state index contributed by atoms with van der Waals surface area (Å²) in [6, 6.07) is 9.32. The Hall–Kier alpha value is -2.99. The molecular formula is C20H22N4O2. The second-order valence-electron chi connectivity index (χ2n) is 6.12. The molecule has 0 spiro atoms. The Bertz CT molecular complexity index is 944. The van der Waals surface area contributed by atoms with E-state index in [0.717, 1.165) is 28.4 Å². The summed E-state index contributed by atoms with van der Waals surface area (Å²) in [5.41, 5.74) is 9.41. The number of nitrogens with zero attached hydrogens (tertiary/aromatic N) is 3. The van der Waals surface area contributed by atoms with Crippen LogP contribution in [0.25, 0.3) is 22.2 Å². The lowest BCUT2D eigenvalue weighted by molar-refractivity contribution is 0.0769. The summed E-state index contributed by atoms with van der Waals surface area (Å²) >= 11 is 0. The Kier molecular flexibility index (Phi) is 5.14. The van der Waals surface area contributed by atoms with E-state index in [-0.39, 0.29) is 5.91 Å². The first kappa shape index (κ1) is 17.8. The molecule has 0 aliphatic rings. The molecule has 2 heterocycles. The summed E-state index contributed by atoms with van der Waals surface area (Å²) in [7, 11) is 1.87. The molecule has 0 atom stereocenters. The van der Waals surface area contributed by atoms with Crippen molar-refractivity contribution < 1.29 is 9.59 Å². The Labute approximate surface area is 152 Å². The fraction of sp³-hybridized carbons (Fsp3) is 0.250. The molecule has 6 nitrogen and oxygen atoms in total. The number of carbonyl (C=O) groups is 2. The molecule has 3 rings (SSSR count). The van der Waals surface area contributed by atoms with Crippen LogP contribution in [-0.4, -0.2) is 46.3 Å². The van der Waals surface area contributed by atoms with E-state index in [1.165, 1.54) is 0 Å². The SMILES string of the molecule is CCN(CCN)C(=O)c1ccc(-c2ccnc3c2c(C=O)cn3C)cc1.